The third kappa shape index (κ3) is 3.97. The van der Waals surface area contributed by atoms with E-state index < -0.39 is 0 Å². The highest BCUT2D eigenvalue weighted by molar-refractivity contribution is 7.99. The van der Waals surface area contributed by atoms with Crippen molar-refractivity contribution in [3.8, 4) is 5.69 Å². The van der Waals surface area contributed by atoms with Crippen molar-refractivity contribution in [2.75, 3.05) is 18.0 Å². The summed E-state index contributed by atoms with van der Waals surface area (Å²) < 4.78 is 2.26. The molecular formula is C25H22N4OS2. The lowest BCUT2D eigenvalue weighted by Gasteiger charge is -2.32. The van der Waals surface area contributed by atoms with E-state index >= 15 is 0 Å². The van der Waals surface area contributed by atoms with Crippen LogP contribution < -0.4 is 10.2 Å². The predicted octanol–water partition coefficient (Wildman–Crippen LogP) is 5.96. The van der Waals surface area contributed by atoms with E-state index in [0.29, 0.717) is 17.0 Å². The lowest BCUT2D eigenvalue weighted by Crippen LogP contribution is -2.30. The van der Waals surface area contributed by atoms with Crippen molar-refractivity contribution >= 4 is 41.3 Å². The molecule has 0 saturated carbocycles. The molecule has 0 aliphatic carbocycles. The quantitative estimate of drug-likeness (QED) is 0.277. The molecule has 1 aromatic heterocycles. The van der Waals surface area contributed by atoms with E-state index in [9.17, 15) is 4.79 Å². The number of carbonyl (C=O) groups excluding carboxylic acids is 1. The second-order valence-electron chi connectivity index (χ2n) is 7.45. The van der Waals surface area contributed by atoms with Crippen LogP contribution >= 0.6 is 24.0 Å². The van der Waals surface area contributed by atoms with Gasteiger partial charge in [-0.2, -0.15) is 0 Å². The Morgan fingerprint density at radius 3 is 2.22 bits per heavy atom. The molecule has 0 atom stereocenters. The molecule has 4 aromatic rings. The standard InChI is InChI=1S/C25H22N4OS2/c30-24(21-17-27-25(31)29(21)18-9-2-1-3-10-18)26-15-8-16-28-19-11-4-6-13-22(19)32-23-14-7-5-12-20(23)28/h1-7,9-14,17H,8,15-16H2,(H,26,30)(H,27,31). The molecule has 1 amide bonds. The highest BCUT2D eigenvalue weighted by Gasteiger charge is 2.22. The molecular weight excluding hydrogens is 436 g/mol. The Labute approximate surface area is 196 Å². The largest absolute Gasteiger partial charge is 0.351 e. The topological polar surface area (TPSA) is 53.1 Å². The molecule has 0 radical (unpaired) electrons. The Morgan fingerprint density at radius 2 is 1.53 bits per heavy atom. The summed E-state index contributed by atoms with van der Waals surface area (Å²) in [7, 11) is 0. The number of hydrogen-bond donors (Lipinski definition) is 2. The van der Waals surface area contributed by atoms with Gasteiger partial charge >= 0.3 is 0 Å². The molecule has 2 N–H and O–H groups in total. The minimum atomic E-state index is -0.142. The number of carbonyl (C=O) groups is 1. The van der Waals surface area contributed by atoms with E-state index in [1.165, 1.54) is 21.2 Å². The zero-order valence-corrected chi connectivity index (χ0v) is 19.0. The lowest BCUT2D eigenvalue weighted by molar-refractivity contribution is 0.0946. The monoisotopic (exact) mass is 458 g/mol. The molecule has 32 heavy (non-hydrogen) atoms. The van der Waals surface area contributed by atoms with Crippen LogP contribution in [-0.4, -0.2) is 28.5 Å². The van der Waals surface area contributed by atoms with Crippen molar-refractivity contribution < 1.29 is 4.79 Å². The molecule has 160 valence electrons. The first-order chi connectivity index (χ1) is 15.7. The molecule has 0 bridgehead atoms. The molecule has 1 aliphatic heterocycles. The molecule has 1 aliphatic rings. The zero-order valence-electron chi connectivity index (χ0n) is 17.3. The fourth-order valence-electron chi connectivity index (χ4n) is 3.92. The van der Waals surface area contributed by atoms with Gasteiger partial charge in [0.15, 0.2) is 4.77 Å². The van der Waals surface area contributed by atoms with Crippen LogP contribution in [0.2, 0.25) is 0 Å². The molecule has 3 aromatic carbocycles. The highest BCUT2D eigenvalue weighted by Crippen LogP contribution is 2.47. The number of hydrogen-bond acceptors (Lipinski definition) is 4. The Bertz CT molecular complexity index is 1270. The van der Waals surface area contributed by atoms with Gasteiger partial charge in [-0.1, -0.05) is 54.2 Å². The van der Waals surface area contributed by atoms with Crippen molar-refractivity contribution in [2.45, 2.75) is 16.2 Å². The molecule has 0 saturated heterocycles. The van der Waals surface area contributed by atoms with Gasteiger partial charge in [0, 0.05) is 34.8 Å². The molecule has 5 nitrogen and oxygen atoms in total. The number of benzene rings is 3. The number of imidazole rings is 1. The number of amides is 1. The summed E-state index contributed by atoms with van der Waals surface area (Å²) in [5, 5.41) is 3.05. The third-order valence-corrected chi connectivity index (χ3v) is 6.83. The van der Waals surface area contributed by atoms with Crippen LogP contribution in [0.15, 0.2) is 94.9 Å². The number of fused-ring (bicyclic) bond motifs is 2. The van der Waals surface area contributed by atoms with Crippen LogP contribution in [0.25, 0.3) is 5.69 Å². The average molecular weight is 459 g/mol. The fourth-order valence-corrected chi connectivity index (χ4v) is 5.28. The van der Waals surface area contributed by atoms with Crippen molar-refractivity contribution in [1.29, 1.82) is 0 Å². The summed E-state index contributed by atoms with van der Waals surface area (Å²) in [6.45, 7) is 1.38. The number of aromatic amines is 1. The summed E-state index contributed by atoms with van der Waals surface area (Å²) in [5.74, 6) is -0.142. The number of anilines is 2. The first-order valence-electron chi connectivity index (χ1n) is 10.5. The van der Waals surface area contributed by atoms with E-state index in [1.807, 2.05) is 30.3 Å². The van der Waals surface area contributed by atoms with Gasteiger partial charge in [0.25, 0.3) is 5.91 Å². The Hall–Kier alpha value is -3.29. The van der Waals surface area contributed by atoms with Crippen molar-refractivity contribution in [3.05, 3.63) is 95.5 Å². The van der Waals surface area contributed by atoms with Gasteiger partial charge in [-0.3, -0.25) is 9.36 Å². The number of nitrogens with one attached hydrogen (secondary N) is 2. The maximum atomic E-state index is 12.9. The Morgan fingerprint density at radius 1 is 0.906 bits per heavy atom. The highest BCUT2D eigenvalue weighted by atomic mass is 32.2. The third-order valence-electron chi connectivity index (χ3n) is 5.40. The summed E-state index contributed by atoms with van der Waals surface area (Å²) in [6.07, 6.45) is 2.48. The first-order valence-corrected chi connectivity index (χ1v) is 11.7. The molecule has 5 rings (SSSR count). The average Bonchev–Trinajstić information content (AvgIpc) is 3.23. The smallest absolute Gasteiger partial charge is 0.269 e. The van der Waals surface area contributed by atoms with E-state index in [2.05, 4.69) is 63.7 Å². The van der Waals surface area contributed by atoms with Crippen LogP contribution in [0.5, 0.6) is 0 Å². The molecule has 0 unspecified atom stereocenters. The lowest BCUT2D eigenvalue weighted by atomic mass is 10.2. The predicted molar refractivity (Wildman–Crippen MR) is 132 cm³/mol. The maximum Gasteiger partial charge on any atom is 0.269 e. The Balaban J connectivity index is 1.27. The van der Waals surface area contributed by atoms with Crippen LogP contribution in [0.4, 0.5) is 11.4 Å². The SMILES string of the molecule is O=C(NCCCN1c2ccccc2Sc2ccccc21)c1c[nH]c(=S)n1-c1ccccc1. The van der Waals surface area contributed by atoms with Crippen LogP contribution in [0, 0.1) is 4.77 Å². The van der Waals surface area contributed by atoms with Gasteiger partial charge in [0.2, 0.25) is 0 Å². The second-order valence-corrected chi connectivity index (χ2v) is 8.92. The number of aromatic nitrogens is 2. The zero-order chi connectivity index (χ0) is 21.9. The van der Waals surface area contributed by atoms with E-state index in [1.54, 1.807) is 22.5 Å². The van der Waals surface area contributed by atoms with Gasteiger partial charge in [-0.05, 0) is 55.0 Å². The Kier molecular flexibility index (Phi) is 5.83. The molecule has 7 heteroatoms. The summed E-state index contributed by atoms with van der Waals surface area (Å²) in [5.41, 5.74) is 3.80. The van der Waals surface area contributed by atoms with Gasteiger partial charge < -0.3 is 15.2 Å². The van der Waals surface area contributed by atoms with Gasteiger partial charge in [0.05, 0.1) is 11.4 Å². The van der Waals surface area contributed by atoms with E-state index in [-0.39, 0.29) is 5.91 Å². The van der Waals surface area contributed by atoms with E-state index in [4.69, 9.17) is 12.2 Å². The maximum absolute atomic E-state index is 12.9. The minimum Gasteiger partial charge on any atom is -0.351 e. The van der Waals surface area contributed by atoms with Crippen LogP contribution in [0.3, 0.4) is 0 Å². The number of rotatable bonds is 6. The summed E-state index contributed by atoms with van der Waals surface area (Å²) in [6, 6.07) is 26.6. The fraction of sp³-hybridized carbons (Fsp3) is 0.120. The normalized spacial score (nSPS) is 12.2. The molecule has 0 spiro atoms. The minimum absolute atomic E-state index is 0.142. The second kappa shape index (κ2) is 9.06. The van der Waals surface area contributed by atoms with Crippen molar-refractivity contribution in [1.82, 2.24) is 14.9 Å². The van der Waals surface area contributed by atoms with Gasteiger partial charge in [0.1, 0.15) is 5.69 Å². The number of H-pyrrole nitrogens is 1. The van der Waals surface area contributed by atoms with Crippen LogP contribution in [0.1, 0.15) is 16.9 Å². The van der Waals surface area contributed by atoms with Gasteiger partial charge in [-0.25, -0.2) is 0 Å². The number of nitrogens with zero attached hydrogens (tertiary/aromatic N) is 2. The van der Waals surface area contributed by atoms with Gasteiger partial charge in [-0.15, -0.1) is 0 Å². The molecule has 0 fully saturated rings. The summed E-state index contributed by atoms with van der Waals surface area (Å²) in [4.78, 5) is 20.7. The number of para-hydroxylation sites is 3. The van der Waals surface area contributed by atoms with Crippen molar-refractivity contribution in [2.24, 2.45) is 0 Å². The van der Waals surface area contributed by atoms with Crippen molar-refractivity contribution in [3.63, 3.8) is 0 Å². The van der Waals surface area contributed by atoms with E-state index in [0.717, 1.165) is 18.7 Å². The molecule has 2 heterocycles. The first kappa shape index (κ1) is 20.6. The summed E-state index contributed by atoms with van der Waals surface area (Å²) >= 11 is 7.19. The van der Waals surface area contributed by atoms with Crippen LogP contribution in [-0.2, 0) is 0 Å².